The van der Waals surface area contributed by atoms with E-state index in [1.165, 1.54) is 6.08 Å². The first-order valence-corrected chi connectivity index (χ1v) is 16.3. The highest BCUT2D eigenvalue weighted by Gasteiger charge is 2.31. The van der Waals surface area contributed by atoms with Crippen LogP contribution in [0.4, 0.5) is 26.2 Å². The van der Waals surface area contributed by atoms with Gasteiger partial charge >= 0.3 is 12.0 Å². The number of rotatable bonds is 7. The van der Waals surface area contributed by atoms with Crippen LogP contribution in [0.2, 0.25) is 5.02 Å². The summed E-state index contributed by atoms with van der Waals surface area (Å²) in [5.74, 6) is -2.98. The fraction of sp³-hybridized carbons (Fsp3) is 0.314. The Labute approximate surface area is 285 Å². The van der Waals surface area contributed by atoms with E-state index in [2.05, 4.69) is 25.8 Å². The van der Waals surface area contributed by atoms with Crippen molar-refractivity contribution in [2.75, 3.05) is 23.8 Å². The third-order valence-corrected chi connectivity index (χ3v) is 8.83. The Bertz CT molecular complexity index is 1950. The number of amides is 2. The number of anilines is 3. The molecule has 4 aromatic rings. The first kappa shape index (κ1) is 33.7. The molecule has 14 heteroatoms. The van der Waals surface area contributed by atoms with Gasteiger partial charge in [-0.15, -0.1) is 5.10 Å². The molecule has 0 unspecified atom stereocenters. The van der Waals surface area contributed by atoms with Gasteiger partial charge in [0.05, 0.1) is 34.6 Å². The second-order valence-electron chi connectivity index (χ2n) is 11.8. The summed E-state index contributed by atoms with van der Waals surface area (Å²) in [7, 11) is 0. The number of pyridine rings is 1. The number of hydrogen-bond donors (Lipinski definition) is 2. The molecule has 6 rings (SSSR count). The lowest BCUT2D eigenvalue weighted by Crippen LogP contribution is -2.38. The van der Waals surface area contributed by atoms with Crippen molar-refractivity contribution in [3.05, 3.63) is 88.5 Å². The molecule has 2 aliphatic rings. The molecule has 2 N–H and O–H groups in total. The summed E-state index contributed by atoms with van der Waals surface area (Å²) in [5, 5.41) is 13.7. The van der Waals surface area contributed by atoms with Crippen LogP contribution in [0.25, 0.3) is 16.7 Å². The maximum atomic E-state index is 14.8. The number of fused-ring (bicyclic) bond motifs is 4. The van der Waals surface area contributed by atoms with Crippen LogP contribution in [0.3, 0.4) is 0 Å². The van der Waals surface area contributed by atoms with Gasteiger partial charge in [0.2, 0.25) is 17.7 Å². The zero-order valence-electron chi connectivity index (χ0n) is 26.8. The van der Waals surface area contributed by atoms with E-state index in [1.54, 1.807) is 30.2 Å². The maximum Gasteiger partial charge on any atom is 0.320 e. The minimum absolute atomic E-state index is 0.0605. The quantitative estimate of drug-likeness (QED) is 0.155. The van der Waals surface area contributed by atoms with Crippen molar-refractivity contribution in [3.8, 4) is 11.1 Å². The number of ether oxygens (including phenoxy) is 1. The molecule has 2 amide bonds. The minimum Gasteiger partial charge on any atom is -0.466 e. The monoisotopic (exact) mass is 690 g/mol. The second-order valence-corrected chi connectivity index (χ2v) is 12.3. The fourth-order valence-electron chi connectivity index (χ4n) is 6.06. The highest BCUT2D eigenvalue weighted by atomic mass is 35.5. The summed E-state index contributed by atoms with van der Waals surface area (Å²) < 4.78 is 39.9. The average Bonchev–Trinajstić information content (AvgIpc) is 3.51. The van der Waals surface area contributed by atoms with E-state index in [1.807, 2.05) is 25.1 Å². The SMILES string of the molecule is CCOC(=O)Cc1nnc(Nc2ccc3c(c2)NC(=O)[C@H](C)CCC[C@H](N2CCC(c4c(F)ccc(Cl)c4F)=CC2=O)c2cc-3ccn2)o1. The lowest BCUT2D eigenvalue weighted by Gasteiger charge is -2.34. The number of nitrogens with one attached hydrogen (secondary N) is 2. The predicted octanol–water partition coefficient (Wildman–Crippen LogP) is 7.03. The van der Waals surface area contributed by atoms with Crippen molar-refractivity contribution in [3.63, 3.8) is 0 Å². The van der Waals surface area contributed by atoms with Crippen LogP contribution in [0.1, 0.15) is 62.7 Å². The van der Waals surface area contributed by atoms with Crippen molar-refractivity contribution in [1.29, 1.82) is 0 Å². The number of esters is 1. The smallest absolute Gasteiger partial charge is 0.320 e. The Morgan fingerprint density at radius 1 is 1.14 bits per heavy atom. The molecule has 0 fully saturated rings. The van der Waals surface area contributed by atoms with Crippen molar-refractivity contribution in [1.82, 2.24) is 20.1 Å². The van der Waals surface area contributed by atoms with Gasteiger partial charge in [0.1, 0.15) is 12.2 Å². The summed E-state index contributed by atoms with van der Waals surface area (Å²) in [6.45, 7) is 4.00. The third-order valence-electron chi connectivity index (χ3n) is 8.54. The maximum absolute atomic E-state index is 14.8. The Morgan fingerprint density at radius 3 is 2.78 bits per heavy atom. The van der Waals surface area contributed by atoms with E-state index >= 15 is 0 Å². The van der Waals surface area contributed by atoms with Gasteiger partial charge in [0.25, 0.3) is 0 Å². The molecule has 0 spiro atoms. The lowest BCUT2D eigenvalue weighted by molar-refractivity contribution is -0.142. The Hall–Kier alpha value is -5.17. The highest BCUT2D eigenvalue weighted by molar-refractivity contribution is 6.31. The summed E-state index contributed by atoms with van der Waals surface area (Å²) in [6, 6.07) is 10.9. The Morgan fingerprint density at radius 2 is 1.98 bits per heavy atom. The molecule has 0 saturated heterocycles. The van der Waals surface area contributed by atoms with Gasteiger partial charge in [-0.3, -0.25) is 19.4 Å². The molecule has 2 bridgehead atoms. The predicted molar refractivity (Wildman–Crippen MR) is 178 cm³/mol. The van der Waals surface area contributed by atoms with Crippen LogP contribution >= 0.6 is 11.6 Å². The molecule has 4 heterocycles. The molecule has 2 aromatic carbocycles. The van der Waals surface area contributed by atoms with Gasteiger partial charge in [-0.05, 0) is 73.7 Å². The molecular formula is C35H33ClF2N6O5. The van der Waals surface area contributed by atoms with E-state index in [-0.39, 0.29) is 65.9 Å². The second kappa shape index (κ2) is 14.5. The van der Waals surface area contributed by atoms with Gasteiger partial charge in [-0.1, -0.05) is 36.1 Å². The van der Waals surface area contributed by atoms with Gasteiger partial charge < -0.3 is 24.7 Å². The Balaban J connectivity index is 1.30. The van der Waals surface area contributed by atoms with E-state index in [4.69, 9.17) is 20.8 Å². The van der Waals surface area contributed by atoms with E-state index in [9.17, 15) is 23.2 Å². The number of carbonyl (C=O) groups is 3. The van der Waals surface area contributed by atoms with Crippen molar-refractivity contribution in [2.24, 2.45) is 5.92 Å². The molecule has 0 radical (unpaired) electrons. The summed E-state index contributed by atoms with van der Waals surface area (Å²) in [6.07, 6.45) is 4.67. The number of benzene rings is 2. The van der Waals surface area contributed by atoms with E-state index < -0.39 is 29.6 Å². The standard InChI is InChI=1S/C35H33ClF2N6O5/c1-3-48-31(46)18-29-42-43-35(49-29)40-22-7-8-23-20-11-13-39-27(15-20)28(6-4-5-19(2)34(47)41-26(23)17-22)44-14-12-21(16-30(44)45)32-25(37)10-9-24(36)33(32)38/h7-11,13,15-17,19,28H,3-6,12,14,18H2,1-2H3,(H,40,43)(H,41,47)/t19-,28+/m1/s1. The zero-order valence-corrected chi connectivity index (χ0v) is 27.5. The summed E-state index contributed by atoms with van der Waals surface area (Å²) in [4.78, 5) is 45.0. The zero-order chi connectivity index (χ0) is 34.7. The number of hydrogen-bond acceptors (Lipinski definition) is 9. The minimum atomic E-state index is -0.894. The van der Waals surface area contributed by atoms with Crippen LogP contribution in [-0.4, -0.2) is 51.0 Å². The van der Waals surface area contributed by atoms with Crippen LogP contribution in [-0.2, 0) is 25.5 Å². The highest BCUT2D eigenvalue weighted by Crippen LogP contribution is 2.38. The van der Waals surface area contributed by atoms with Crippen molar-refractivity contribution < 1.29 is 32.3 Å². The fourth-order valence-corrected chi connectivity index (χ4v) is 6.22. The Kier molecular flexibility index (Phi) is 10.00. The molecule has 11 nitrogen and oxygen atoms in total. The summed E-state index contributed by atoms with van der Waals surface area (Å²) >= 11 is 5.92. The number of nitrogens with zero attached hydrogens (tertiary/aromatic N) is 4. The van der Waals surface area contributed by atoms with Crippen LogP contribution < -0.4 is 10.6 Å². The molecule has 49 heavy (non-hydrogen) atoms. The molecule has 254 valence electrons. The number of aromatic nitrogens is 3. The first-order valence-electron chi connectivity index (χ1n) is 15.9. The van der Waals surface area contributed by atoms with E-state index in [0.717, 1.165) is 17.7 Å². The van der Waals surface area contributed by atoms with Crippen molar-refractivity contribution >= 4 is 52.3 Å². The van der Waals surface area contributed by atoms with Gasteiger partial charge in [-0.25, -0.2) is 8.78 Å². The number of halogens is 3. The van der Waals surface area contributed by atoms with Gasteiger partial charge in [0.15, 0.2) is 5.82 Å². The molecule has 0 aliphatic carbocycles. The van der Waals surface area contributed by atoms with Gasteiger partial charge in [-0.2, -0.15) is 0 Å². The lowest BCUT2D eigenvalue weighted by atomic mass is 9.92. The number of carbonyl (C=O) groups excluding carboxylic acids is 3. The molecule has 2 aromatic heterocycles. The van der Waals surface area contributed by atoms with E-state index in [0.29, 0.717) is 41.9 Å². The van der Waals surface area contributed by atoms with Crippen molar-refractivity contribution in [2.45, 2.75) is 52.0 Å². The molecule has 0 saturated carbocycles. The molecular weight excluding hydrogens is 658 g/mol. The summed E-state index contributed by atoms with van der Waals surface area (Å²) in [5.41, 5.74) is 3.13. The molecule has 2 aliphatic heterocycles. The van der Waals surface area contributed by atoms with Gasteiger partial charge in [0, 0.05) is 36.0 Å². The largest absolute Gasteiger partial charge is 0.466 e. The third kappa shape index (κ3) is 7.46. The average molecular weight is 691 g/mol. The van der Waals surface area contributed by atoms with Crippen LogP contribution in [0.5, 0.6) is 0 Å². The molecule has 2 atom stereocenters. The van der Waals surface area contributed by atoms with Crippen LogP contribution in [0, 0.1) is 17.6 Å². The first-order chi connectivity index (χ1) is 23.6. The normalized spacial score (nSPS) is 18.1. The topological polar surface area (TPSA) is 140 Å². The van der Waals surface area contributed by atoms with Crippen LogP contribution in [0.15, 0.2) is 59.2 Å².